The van der Waals surface area contributed by atoms with E-state index in [4.69, 9.17) is 9.68 Å². The van der Waals surface area contributed by atoms with Gasteiger partial charge in [-0.05, 0) is 59.7 Å². The molecule has 6 nitrogen and oxygen atoms in total. The van der Waals surface area contributed by atoms with Crippen LogP contribution in [-0.2, 0) is 5.41 Å². The van der Waals surface area contributed by atoms with E-state index in [-0.39, 0.29) is 16.9 Å². The first-order valence-electron chi connectivity index (χ1n) is 11.9. The minimum Gasteiger partial charge on any atom is -0.508 e. The van der Waals surface area contributed by atoms with Gasteiger partial charge in [0.1, 0.15) is 11.5 Å². The zero-order chi connectivity index (χ0) is 26.1. The normalized spacial score (nSPS) is 12.4. The Morgan fingerprint density at radius 2 is 0.919 bits per heavy atom. The van der Waals surface area contributed by atoms with Gasteiger partial charge in [-0.2, -0.15) is 0 Å². The van der Waals surface area contributed by atoms with Crippen LogP contribution in [0.4, 0.5) is 0 Å². The van der Waals surface area contributed by atoms with Crippen molar-refractivity contribution in [2.45, 2.75) is 19.3 Å². The van der Waals surface area contributed by atoms with Crippen LogP contribution >= 0.6 is 0 Å². The molecule has 4 aromatic carbocycles. The van der Waals surface area contributed by atoms with Gasteiger partial charge in [0, 0.05) is 28.9 Å². The molecule has 0 saturated heterocycles. The third-order valence-electron chi connectivity index (χ3n) is 6.02. The summed E-state index contributed by atoms with van der Waals surface area (Å²) in [5, 5.41) is 18.6. The van der Waals surface area contributed by atoms with Crippen LogP contribution in [0.1, 0.15) is 36.1 Å². The first kappa shape index (κ1) is 25.3. The Labute approximate surface area is 217 Å². The van der Waals surface area contributed by atoms with Crippen molar-refractivity contribution in [3.8, 4) is 23.0 Å². The molecule has 0 spiro atoms. The van der Waals surface area contributed by atoms with Crippen molar-refractivity contribution in [3.63, 3.8) is 0 Å². The lowest BCUT2D eigenvalue weighted by Crippen LogP contribution is -2.18. The highest BCUT2D eigenvalue weighted by Crippen LogP contribution is 2.33. The summed E-state index contributed by atoms with van der Waals surface area (Å²) < 4.78 is 0. The van der Waals surface area contributed by atoms with Crippen molar-refractivity contribution in [2.24, 2.45) is 0 Å². The van der Waals surface area contributed by atoms with Gasteiger partial charge in [0.25, 0.3) is 0 Å². The summed E-state index contributed by atoms with van der Waals surface area (Å²) in [5.41, 5.74) is 9.65. The van der Waals surface area contributed by atoms with E-state index in [1.165, 1.54) is 0 Å². The maximum atomic E-state index is 9.30. The lowest BCUT2D eigenvalue weighted by Gasteiger charge is -2.26. The summed E-state index contributed by atoms with van der Waals surface area (Å²) in [6, 6.07) is 30.2. The number of phenolic OH excluding ortho intramolecular Hbond substituents is 2. The van der Waals surface area contributed by atoms with Gasteiger partial charge in [-0.3, -0.25) is 0 Å². The van der Waals surface area contributed by atoms with Crippen molar-refractivity contribution < 1.29 is 19.9 Å². The highest BCUT2D eigenvalue weighted by atomic mass is 16.6. The van der Waals surface area contributed by atoms with E-state index < -0.39 is 0 Å². The minimum atomic E-state index is -0.151. The van der Waals surface area contributed by atoms with Crippen LogP contribution in [0.3, 0.4) is 0 Å². The van der Waals surface area contributed by atoms with Gasteiger partial charge in [0.05, 0.1) is 0 Å². The fraction of sp³-hybridized carbons (Fsp3) is 0.0968. The molecule has 0 atom stereocenters. The Balaban J connectivity index is 0.000000137. The number of hydroxylamine groups is 2. The maximum absolute atomic E-state index is 9.30. The molecule has 0 radical (unpaired) electrons. The third-order valence-corrected chi connectivity index (χ3v) is 6.02. The predicted molar refractivity (Wildman–Crippen MR) is 147 cm³/mol. The van der Waals surface area contributed by atoms with Crippen molar-refractivity contribution in [2.75, 3.05) is 0 Å². The molecule has 2 aliphatic rings. The fourth-order valence-corrected chi connectivity index (χ4v) is 3.79. The Hall–Kier alpha value is -4.84. The summed E-state index contributed by atoms with van der Waals surface area (Å²) in [4.78, 5) is 10.2. The molecule has 188 valence electrons. The Kier molecular flexibility index (Phi) is 8.01. The molecule has 6 rings (SSSR count). The van der Waals surface area contributed by atoms with Gasteiger partial charge in [0.2, 0.25) is 0 Å². The molecule has 0 aliphatic carbocycles. The molecule has 0 fully saturated rings. The Morgan fingerprint density at radius 1 is 0.541 bits per heavy atom. The number of aromatic hydroxyl groups is 2. The molecule has 0 saturated carbocycles. The maximum Gasteiger partial charge on any atom is 0.162 e. The number of fused-ring (bicyclic) bond motifs is 2. The summed E-state index contributed by atoms with van der Waals surface area (Å²) in [6.45, 7) is 4.23. The molecular formula is C31H30N2O4. The van der Waals surface area contributed by atoms with Crippen LogP contribution in [0.25, 0.3) is 12.2 Å². The number of rotatable bonds is 2. The monoisotopic (exact) mass is 494 g/mol. The first-order chi connectivity index (χ1) is 17.9. The topological polar surface area (TPSA) is 83.0 Å². The second kappa shape index (κ2) is 11.7. The number of hydrogen-bond donors (Lipinski definition) is 4. The fourth-order valence-electron chi connectivity index (χ4n) is 3.79. The average Bonchev–Trinajstić information content (AvgIpc) is 2.94. The van der Waals surface area contributed by atoms with Crippen LogP contribution in [0.5, 0.6) is 23.0 Å². The summed E-state index contributed by atoms with van der Waals surface area (Å²) in [5.74, 6) is 2.31. The quantitative estimate of drug-likeness (QED) is 0.254. The van der Waals surface area contributed by atoms with Crippen LogP contribution in [0.2, 0.25) is 0 Å². The number of benzene rings is 4. The van der Waals surface area contributed by atoms with Gasteiger partial charge < -0.3 is 19.9 Å². The number of para-hydroxylation sites is 2. The van der Waals surface area contributed by atoms with Crippen LogP contribution in [-0.4, -0.2) is 10.2 Å². The third kappa shape index (κ3) is 6.64. The van der Waals surface area contributed by atoms with E-state index in [9.17, 15) is 10.2 Å². The summed E-state index contributed by atoms with van der Waals surface area (Å²) >= 11 is 0. The molecule has 6 heteroatoms. The predicted octanol–water partition coefficient (Wildman–Crippen LogP) is 6.53. The zero-order valence-corrected chi connectivity index (χ0v) is 20.8. The van der Waals surface area contributed by atoms with E-state index in [0.717, 1.165) is 33.8 Å². The van der Waals surface area contributed by atoms with Crippen molar-refractivity contribution in [3.05, 3.63) is 132 Å². The van der Waals surface area contributed by atoms with Gasteiger partial charge >= 0.3 is 0 Å². The molecule has 2 aliphatic heterocycles. The average molecular weight is 495 g/mol. The van der Waals surface area contributed by atoms with E-state index in [1.54, 1.807) is 36.7 Å². The smallest absolute Gasteiger partial charge is 0.162 e. The number of nitrogens with one attached hydrogen (secondary N) is 2. The van der Waals surface area contributed by atoms with Gasteiger partial charge in [0.15, 0.2) is 11.5 Å². The Morgan fingerprint density at radius 3 is 1.30 bits per heavy atom. The van der Waals surface area contributed by atoms with Crippen LogP contribution < -0.4 is 20.6 Å². The SMILES string of the molecule is C1=Cc2ccccc2ON1.C1=Cc2ccccc2ON1.CC(C)(c1ccc(O)cc1)c1ccc(O)cc1. The second-order valence-corrected chi connectivity index (χ2v) is 8.90. The standard InChI is InChI=1S/C15H16O2.2C8H7NO/c1-15(2,11-3-7-13(16)8-4-11)12-5-9-14(17)10-6-12;2*1-2-4-8-7(3-1)5-6-9-10-8/h3-10,16-17H,1-2H3;2*1-6,9H. The summed E-state index contributed by atoms with van der Waals surface area (Å²) in [7, 11) is 0. The molecule has 37 heavy (non-hydrogen) atoms. The first-order valence-corrected chi connectivity index (χ1v) is 11.9. The molecule has 0 amide bonds. The van der Waals surface area contributed by atoms with Crippen molar-refractivity contribution >= 4 is 12.2 Å². The summed E-state index contributed by atoms with van der Waals surface area (Å²) in [6.07, 6.45) is 7.47. The molecule has 0 bridgehead atoms. The zero-order valence-electron chi connectivity index (χ0n) is 20.8. The second-order valence-electron chi connectivity index (χ2n) is 8.90. The van der Waals surface area contributed by atoms with E-state index >= 15 is 0 Å². The highest BCUT2D eigenvalue weighted by Gasteiger charge is 2.22. The van der Waals surface area contributed by atoms with Crippen LogP contribution in [0.15, 0.2) is 109 Å². The molecule has 2 heterocycles. The van der Waals surface area contributed by atoms with Crippen molar-refractivity contribution in [1.29, 1.82) is 0 Å². The van der Waals surface area contributed by atoms with Gasteiger partial charge in [-0.1, -0.05) is 74.5 Å². The van der Waals surface area contributed by atoms with E-state index in [2.05, 4.69) is 24.8 Å². The van der Waals surface area contributed by atoms with Crippen LogP contribution in [0, 0.1) is 0 Å². The Bertz CT molecular complexity index is 1260. The van der Waals surface area contributed by atoms with Gasteiger partial charge in [-0.15, -0.1) is 0 Å². The molecule has 0 unspecified atom stereocenters. The lowest BCUT2D eigenvalue weighted by atomic mass is 9.78. The van der Waals surface area contributed by atoms with Gasteiger partial charge in [-0.25, -0.2) is 11.0 Å². The highest BCUT2D eigenvalue weighted by molar-refractivity contribution is 5.58. The molecule has 4 aromatic rings. The minimum absolute atomic E-state index is 0.151. The van der Waals surface area contributed by atoms with E-state index in [0.29, 0.717) is 0 Å². The molecular weight excluding hydrogens is 464 g/mol. The van der Waals surface area contributed by atoms with E-state index in [1.807, 2.05) is 84.9 Å². The lowest BCUT2D eigenvalue weighted by molar-refractivity contribution is 0.239. The largest absolute Gasteiger partial charge is 0.508 e. The molecule has 0 aromatic heterocycles. The molecule has 4 N–H and O–H groups in total. The number of phenols is 2. The van der Waals surface area contributed by atoms with Crippen molar-refractivity contribution in [1.82, 2.24) is 11.0 Å². The number of hydrogen-bond acceptors (Lipinski definition) is 6.